The molecule has 0 spiro atoms. The number of phenols is 1. The topological polar surface area (TPSA) is 161 Å². The molecule has 1 aromatic heterocycles. The molecule has 0 saturated heterocycles. The van der Waals surface area contributed by atoms with Gasteiger partial charge in [-0.05, 0) is 66.3 Å². The summed E-state index contributed by atoms with van der Waals surface area (Å²) in [6.45, 7) is 4.31. The second-order valence-corrected chi connectivity index (χ2v) is 8.63. The predicted octanol–water partition coefficient (Wildman–Crippen LogP) is 2.30. The van der Waals surface area contributed by atoms with Crippen LogP contribution >= 0.6 is 11.5 Å². The predicted molar refractivity (Wildman–Crippen MR) is 134 cm³/mol. The molecule has 0 aliphatic carbocycles. The number of phenolic OH excluding ortho intramolecular Hbond substituents is 1. The first kappa shape index (κ1) is 25.7. The van der Waals surface area contributed by atoms with Gasteiger partial charge in [-0.3, -0.25) is 19.3 Å². The molecule has 0 aliphatic heterocycles. The van der Waals surface area contributed by atoms with Gasteiger partial charge in [0, 0.05) is 19.3 Å². The van der Waals surface area contributed by atoms with Gasteiger partial charge in [-0.15, -0.1) is 0 Å². The molecule has 0 aliphatic rings. The minimum absolute atomic E-state index is 0.00847. The maximum Gasteiger partial charge on any atom is 0.273 e. The van der Waals surface area contributed by atoms with E-state index >= 15 is 0 Å². The molecule has 0 radical (unpaired) electrons. The minimum Gasteiger partial charge on any atom is -0.508 e. The van der Waals surface area contributed by atoms with Gasteiger partial charge in [0.25, 0.3) is 11.8 Å². The summed E-state index contributed by atoms with van der Waals surface area (Å²) in [4.78, 5) is 40.4. The summed E-state index contributed by atoms with van der Waals surface area (Å²) < 4.78 is 8.97. The second kappa shape index (κ2) is 11.0. The molecule has 3 rings (SSSR count). The van der Waals surface area contributed by atoms with Crippen LogP contribution in [-0.4, -0.2) is 47.5 Å². The summed E-state index contributed by atoms with van der Waals surface area (Å²) in [6, 6.07) is 10.2. The Morgan fingerprint density at radius 1 is 1.14 bits per heavy atom. The molecule has 1 atom stereocenters. The van der Waals surface area contributed by atoms with E-state index in [1.54, 1.807) is 24.3 Å². The third-order valence-electron chi connectivity index (χ3n) is 5.46. The molecular formula is C24H27N5O5S. The highest BCUT2D eigenvalue weighted by molar-refractivity contribution is 7.09. The molecular weight excluding hydrogens is 470 g/mol. The number of anilines is 2. The van der Waals surface area contributed by atoms with Crippen molar-refractivity contribution in [2.75, 3.05) is 30.9 Å². The van der Waals surface area contributed by atoms with Crippen molar-refractivity contribution in [3.63, 3.8) is 0 Å². The average Bonchev–Trinajstić information content (AvgIpc) is 3.21. The van der Waals surface area contributed by atoms with Gasteiger partial charge in [0.1, 0.15) is 16.7 Å². The fraction of sp³-hybridized carbons (Fsp3) is 0.250. The summed E-state index contributed by atoms with van der Waals surface area (Å²) >= 11 is 0.732. The first-order chi connectivity index (χ1) is 16.6. The van der Waals surface area contributed by atoms with Crippen LogP contribution in [0.1, 0.15) is 42.9 Å². The first-order valence-electron chi connectivity index (χ1n) is 10.7. The highest BCUT2D eigenvalue weighted by Crippen LogP contribution is 2.34. The number of ether oxygens (including phenoxy) is 1. The van der Waals surface area contributed by atoms with Gasteiger partial charge in [-0.1, -0.05) is 18.2 Å². The maximum absolute atomic E-state index is 13.9. The number of hydrogen-bond acceptors (Lipinski definition) is 8. The molecule has 3 aromatic rings. The van der Waals surface area contributed by atoms with Crippen LogP contribution in [0.5, 0.6) is 5.75 Å². The molecule has 11 heteroatoms. The number of nitrogen functional groups attached to an aromatic ring is 1. The van der Waals surface area contributed by atoms with Crippen molar-refractivity contribution < 1.29 is 24.2 Å². The van der Waals surface area contributed by atoms with Crippen molar-refractivity contribution in [3.05, 3.63) is 69.7 Å². The van der Waals surface area contributed by atoms with Crippen molar-refractivity contribution >= 4 is 40.6 Å². The van der Waals surface area contributed by atoms with E-state index in [4.69, 9.17) is 16.2 Å². The molecule has 6 N–H and O–H groups in total. The van der Waals surface area contributed by atoms with Gasteiger partial charge in [0.05, 0.1) is 12.3 Å². The minimum atomic E-state index is -1.14. The van der Waals surface area contributed by atoms with Crippen molar-refractivity contribution in [1.29, 1.82) is 0 Å². The van der Waals surface area contributed by atoms with Crippen LogP contribution in [0.25, 0.3) is 0 Å². The molecule has 1 heterocycles. The number of aromatic hydroxyl groups is 1. The maximum atomic E-state index is 13.9. The molecule has 35 heavy (non-hydrogen) atoms. The largest absolute Gasteiger partial charge is 0.508 e. The van der Waals surface area contributed by atoms with E-state index in [0.29, 0.717) is 11.3 Å². The zero-order chi connectivity index (χ0) is 25.7. The van der Waals surface area contributed by atoms with Crippen LogP contribution in [0.4, 0.5) is 11.4 Å². The van der Waals surface area contributed by atoms with E-state index in [0.717, 1.165) is 22.7 Å². The van der Waals surface area contributed by atoms with E-state index in [9.17, 15) is 19.5 Å². The lowest BCUT2D eigenvalue weighted by Gasteiger charge is -2.31. The summed E-state index contributed by atoms with van der Waals surface area (Å²) in [6.07, 6.45) is 0. The van der Waals surface area contributed by atoms with E-state index in [-0.39, 0.29) is 35.2 Å². The normalized spacial score (nSPS) is 11.6. The Morgan fingerprint density at radius 3 is 2.40 bits per heavy atom. The number of primary amides is 1. The lowest BCUT2D eigenvalue weighted by molar-refractivity contribution is -0.122. The molecule has 10 nitrogen and oxygen atoms in total. The fourth-order valence-electron chi connectivity index (χ4n) is 3.44. The van der Waals surface area contributed by atoms with E-state index in [1.807, 2.05) is 19.9 Å². The lowest BCUT2D eigenvalue weighted by atomic mass is 10.0. The van der Waals surface area contributed by atoms with E-state index in [2.05, 4.69) is 9.69 Å². The van der Waals surface area contributed by atoms with Gasteiger partial charge in [-0.2, -0.15) is 4.37 Å². The quantitative estimate of drug-likeness (QED) is 0.330. The number of carbonyl (C=O) groups excluding carboxylic acids is 3. The van der Waals surface area contributed by atoms with Crippen LogP contribution in [0.15, 0.2) is 42.5 Å². The zero-order valence-corrected chi connectivity index (χ0v) is 20.4. The van der Waals surface area contributed by atoms with Crippen LogP contribution in [-0.2, 0) is 9.53 Å². The third-order valence-corrected chi connectivity index (χ3v) is 6.31. The van der Waals surface area contributed by atoms with Gasteiger partial charge in [0.2, 0.25) is 5.91 Å². The Bertz CT molecular complexity index is 1240. The third kappa shape index (κ3) is 5.58. The lowest BCUT2D eigenvalue weighted by Crippen LogP contribution is -2.44. The molecule has 2 aromatic carbocycles. The number of amides is 3. The highest BCUT2D eigenvalue weighted by Gasteiger charge is 2.36. The van der Waals surface area contributed by atoms with Crippen molar-refractivity contribution in [1.82, 2.24) is 9.69 Å². The SMILES string of the molecule is COCCNC(=O)[C@H](c1ccc(O)cc1)N(C(=O)c1snc(C(N)=O)c1N)c1ccc(C)c(C)c1. The Morgan fingerprint density at radius 2 is 1.83 bits per heavy atom. The van der Waals surface area contributed by atoms with Crippen molar-refractivity contribution in [2.24, 2.45) is 5.73 Å². The van der Waals surface area contributed by atoms with Crippen LogP contribution in [0.2, 0.25) is 0 Å². The monoisotopic (exact) mass is 497 g/mol. The number of hydrogen-bond donors (Lipinski definition) is 4. The van der Waals surface area contributed by atoms with E-state index < -0.39 is 23.8 Å². The Kier molecular flexibility index (Phi) is 8.05. The van der Waals surface area contributed by atoms with Crippen molar-refractivity contribution in [3.8, 4) is 5.75 Å². The highest BCUT2D eigenvalue weighted by atomic mass is 32.1. The average molecular weight is 498 g/mol. The summed E-state index contributed by atoms with van der Waals surface area (Å²) in [5.41, 5.74) is 13.8. The van der Waals surface area contributed by atoms with Crippen LogP contribution in [0.3, 0.4) is 0 Å². The van der Waals surface area contributed by atoms with Crippen molar-refractivity contribution in [2.45, 2.75) is 19.9 Å². The van der Waals surface area contributed by atoms with Gasteiger partial charge >= 0.3 is 0 Å². The number of nitrogens with zero attached hydrogens (tertiary/aromatic N) is 2. The molecule has 0 saturated carbocycles. The second-order valence-electron chi connectivity index (χ2n) is 7.86. The Labute approximate surface area is 206 Å². The van der Waals surface area contributed by atoms with Gasteiger partial charge in [-0.25, -0.2) is 0 Å². The van der Waals surface area contributed by atoms with Crippen LogP contribution in [0, 0.1) is 13.8 Å². The summed E-state index contributed by atoms with van der Waals surface area (Å²) in [7, 11) is 1.51. The molecule has 3 amide bonds. The number of aromatic nitrogens is 1. The fourth-order valence-corrected chi connectivity index (χ4v) is 4.19. The van der Waals surface area contributed by atoms with Crippen LogP contribution < -0.4 is 21.7 Å². The Balaban J connectivity index is 2.20. The molecule has 0 unspecified atom stereocenters. The molecule has 0 bridgehead atoms. The number of aryl methyl sites for hydroxylation is 2. The molecule has 184 valence electrons. The summed E-state index contributed by atoms with van der Waals surface area (Å²) in [5, 5.41) is 12.6. The number of carbonyl (C=O) groups is 3. The summed E-state index contributed by atoms with van der Waals surface area (Å²) in [5.74, 6) is -1.95. The number of nitrogens with one attached hydrogen (secondary N) is 1. The number of nitrogens with two attached hydrogens (primary N) is 2. The van der Waals surface area contributed by atoms with Gasteiger partial charge in [0.15, 0.2) is 5.69 Å². The Hall–Kier alpha value is -3.96. The number of rotatable bonds is 9. The van der Waals surface area contributed by atoms with Gasteiger partial charge < -0.3 is 26.6 Å². The standard InChI is InChI=1S/C24H27N5O5S/c1-13-4-7-16(12-14(13)2)29(24(33)21-18(25)19(22(26)31)28-35-21)20(23(32)27-10-11-34-3)15-5-8-17(30)9-6-15/h4-9,12,20,30H,10-11,25H2,1-3H3,(H2,26,31)(H,27,32)/t20-/m0/s1. The number of benzene rings is 2. The zero-order valence-electron chi connectivity index (χ0n) is 19.6. The smallest absolute Gasteiger partial charge is 0.273 e. The van der Waals surface area contributed by atoms with E-state index in [1.165, 1.54) is 24.1 Å². The number of methoxy groups -OCH3 is 1. The molecule has 0 fully saturated rings. The first-order valence-corrected chi connectivity index (χ1v) is 11.4.